The van der Waals surface area contributed by atoms with Gasteiger partial charge in [0.2, 0.25) is 0 Å². The molecule has 0 aliphatic carbocycles. The summed E-state index contributed by atoms with van der Waals surface area (Å²) in [5, 5.41) is 16.2. The predicted molar refractivity (Wildman–Crippen MR) is 118 cm³/mol. The number of nitrogens with one attached hydrogen (secondary N) is 1. The first-order valence-corrected chi connectivity index (χ1v) is 9.97. The minimum absolute atomic E-state index is 0.203. The number of aliphatic hydroxyl groups is 1. The third-order valence-electron chi connectivity index (χ3n) is 4.43. The Morgan fingerprint density at radius 1 is 0.931 bits per heavy atom. The summed E-state index contributed by atoms with van der Waals surface area (Å²) in [6.45, 7) is 8.03. The highest BCUT2D eigenvalue weighted by Gasteiger charge is 2.07. The van der Waals surface area contributed by atoms with Crippen LogP contribution in [0.15, 0.2) is 48.5 Å². The van der Waals surface area contributed by atoms with Crippen molar-refractivity contribution < 1.29 is 5.11 Å². The number of hydrogen-bond donors (Lipinski definition) is 2. The maximum Gasteiger partial charge on any atom is 0.0918 e. The average molecular weight is 391 g/mol. The normalized spacial score (nSPS) is 10.2. The van der Waals surface area contributed by atoms with Crippen molar-refractivity contribution in [2.75, 3.05) is 6.61 Å². The molecule has 0 saturated heterocycles. The molecule has 5 nitrogen and oxygen atoms in total. The van der Waals surface area contributed by atoms with Crippen molar-refractivity contribution in [3.05, 3.63) is 76.9 Å². The number of hydrogen-bond acceptors (Lipinski definition) is 5. The second-order valence-electron chi connectivity index (χ2n) is 6.95. The van der Waals surface area contributed by atoms with Gasteiger partial charge in [-0.1, -0.05) is 25.1 Å². The van der Waals surface area contributed by atoms with Crippen molar-refractivity contribution in [1.29, 1.82) is 5.41 Å². The molecule has 2 N–H and O–H groups in total. The highest BCUT2D eigenvalue weighted by atomic mass is 16.2. The third kappa shape index (κ3) is 6.88. The molecule has 0 unspecified atom stereocenters. The van der Waals surface area contributed by atoms with E-state index in [-0.39, 0.29) is 6.61 Å². The number of nitrogens with zero attached hydrogens (tertiary/aromatic N) is 3. The Bertz CT molecular complexity index is 953. The molecule has 29 heavy (non-hydrogen) atoms. The van der Waals surface area contributed by atoms with Crippen LogP contribution < -0.4 is 0 Å². The summed E-state index contributed by atoms with van der Waals surface area (Å²) in [7, 11) is 0. The summed E-state index contributed by atoms with van der Waals surface area (Å²) in [5.41, 5.74) is 7.36. The van der Waals surface area contributed by atoms with E-state index in [0.717, 1.165) is 59.0 Å². The molecule has 3 rings (SSSR count). The lowest BCUT2D eigenvalue weighted by Crippen LogP contribution is -1.98. The molecular formula is C24H30N4O. The van der Waals surface area contributed by atoms with Gasteiger partial charge >= 0.3 is 0 Å². The number of aryl methyl sites for hydroxylation is 4. The fraction of sp³-hybridized carbons (Fsp3) is 0.333. The zero-order chi connectivity index (χ0) is 21.2. The van der Waals surface area contributed by atoms with Crippen molar-refractivity contribution in [2.24, 2.45) is 0 Å². The smallest absolute Gasteiger partial charge is 0.0918 e. The van der Waals surface area contributed by atoms with Crippen LogP contribution in [0, 0.1) is 19.3 Å². The van der Waals surface area contributed by atoms with Crippen molar-refractivity contribution in [1.82, 2.24) is 15.0 Å². The van der Waals surface area contributed by atoms with Gasteiger partial charge in [-0.05, 0) is 75.9 Å². The molecule has 0 fully saturated rings. The van der Waals surface area contributed by atoms with Crippen LogP contribution in [-0.4, -0.2) is 32.4 Å². The van der Waals surface area contributed by atoms with Gasteiger partial charge in [-0.2, -0.15) is 0 Å². The molecule has 152 valence electrons. The maximum absolute atomic E-state index is 8.89. The van der Waals surface area contributed by atoms with Crippen LogP contribution in [0.3, 0.4) is 0 Å². The van der Waals surface area contributed by atoms with E-state index in [9.17, 15) is 0 Å². The summed E-state index contributed by atoms with van der Waals surface area (Å²) in [4.78, 5) is 13.5. The molecule has 0 aromatic carbocycles. The minimum atomic E-state index is 0.203. The van der Waals surface area contributed by atoms with Crippen molar-refractivity contribution in [3.8, 4) is 11.4 Å². The number of aliphatic hydroxyl groups excluding tert-OH is 1. The Morgan fingerprint density at radius 3 is 2.31 bits per heavy atom. The van der Waals surface area contributed by atoms with E-state index in [1.165, 1.54) is 0 Å². The highest BCUT2D eigenvalue weighted by molar-refractivity contribution is 5.94. The van der Waals surface area contributed by atoms with Crippen molar-refractivity contribution in [2.45, 2.75) is 47.0 Å². The summed E-state index contributed by atoms with van der Waals surface area (Å²) in [6, 6.07) is 15.8. The molecule has 3 aromatic heterocycles. The summed E-state index contributed by atoms with van der Waals surface area (Å²) in [5.74, 6) is 0. The number of pyridine rings is 3. The van der Waals surface area contributed by atoms with Crippen molar-refractivity contribution in [3.63, 3.8) is 0 Å². The van der Waals surface area contributed by atoms with E-state index >= 15 is 0 Å². The largest absolute Gasteiger partial charge is 0.396 e. The van der Waals surface area contributed by atoms with Crippen LogP contribution in [-0.2, 0) is 12.8 Å². The van der Waals surface area contributed by atoms with Crippen LogP contribution in [0.5, 0.6) is 0 Å². The topological polar surface area (TPSA) is 82.8 Å². The van der Waals surface area contributed by atoms with Gasteiger partial charge < -0.3 is 10.5 Å². The van der Waals surface area contributed by atoms with Gasteiger partial charge in [-0.15, -0.1) is 0 Å². The molecule has 0 saturated carbocycles. The zero-order valence-electron chi connectivity index (χ0n) is 17.7. The van der Waals surface area contributed by atoms with Crippen LogP contribution in [0.2, 0.25) is 0 Å². The molecule has 0 aliphatic heterocycles. The van der Waals surface area contributed by atoms with Gasteiger partial charge in [0.15, 0.2) is 0 Å². The molecular weight excluding hydrogens is 360 g/mol. The maximum atomic E-state index is 8.89. The Balaban J connectivity index is 0.000000253. The average Bonchev–Trinajstić information content (AvgIpc) is 2.73. The monoisotopic (exact) mass is 390 g/mol. The van der Waals surface area contributed by atoms with E-state index in [0.29, 0.717) is 5.71 Å². The lowest BCUT2D eigenvalue weighted by atomic mass is 10.1. The fourth-order valence-corrected chi connectivity index (χ4v) is 2.79. The first-order chi connectivity index (χ1) is 13.9. The molecule has 0 atom stereocenters. The first kappa shape index (κ1) is 22.4. The van der Waals surface area contributed by atoms with Crippen LogP contribution in [0.4, 0.5) is 0 Å². The Hall–Kier alpha value is -2.92. The first-order valence-electron chi connectivity index (χ1n) is 9.97. The zero-order valence-corrected chi connectivity index (χ0v) is 17.7. The highest BCUT2D eigenvalue weighted by Crippen LogP contribution is 2.20. The molecule has 5 heteroatoms. The second kappa shape index (κ2) is 11.2. The molecule has 3 aromatic rings. The summed E-state index contributed by atoms with van der Waals surface area (Å²) >= 11 is 0. The molecule has 0 aliphatic rings. The van der Waals surface area contributed by atoms with Gasteiger partial charge in [-0.25, -0.2) is 0 Å². The predicted octanol–water partition coefficient (Wildman–Crippen LogP) is 4.72. The van der Waals surface area contributed by atoms with E-state index in [1.54, 1.807) is 6.92 Å². The second-order valence-corrected chi connectivity index (χ2v) is 6.95. The van der Waals surface area contributed by atoms with Gasteiger partial charge in [0.1, 0.15) is 0 Å². The van der Waals surface area contributed by atoms with Crippen LogP contribution >= 0.6 is 0 Å². The Morgan fingerprint density at radius 2 is 1.69 bits per heavy atom. The van der Waals surface area contributed by atoms with Gasteiger partial charge in [0, 0.05) is 23.7 Å². The van der Waals surface area contributed by atoms with Crippen LogP contribution in [0.25, 0.3) is 11.4 Å². The number of rotatable bonds is 6. The SMILES string of the molecule is CC(=N)c1cccc(C)n1.CCc1ccc(C)c(-c2cccc(CCCO)n2)n1. The van der Waals surface area contributed by atoms with Gasteiger partial charge in [0.05, 0.1) is 22.8 Å². The Kier molecular flexibility index (Phi) is 8.62. The third-order valence-corrected chi connectivity index (χ3v) is 4.43. The standard InChI is InChI=1S/C16H20N2O.C8H10N2/c1-3-13-10-9-12(2)16(18-13)15-8-4-6-14(17-15)7-5-11-19;1-6-4-3-5-8(10-6)7(2)9/h4,6,8-10,19H,3,5,7,11H2,1-2H3;3-5,9H,1-2H3. The molecule has 3 heterocycles. The quantitative estimate of drug-likeness (QED) is 0.597. The van der Waals surface area contributed by atoms with E-state index in [2.05, 4.69) is 40.9 Å². The van der Waals surface area contributed by atoms with Crippen LogP contribution in [0.1, 0.15) is 48.6 Å². The fourth-order valence-electron chi connectivity index (χ4n) is 2.79. The van der Waals surface area contributed by atoms with Crippen molar-refractivity contribution >= 4 is 5.71 Å². The summed E-state index contributed by atoms with van der Waals surface area (Å²) in [6.07, 6.45) is 2.48. The molecule has 0 spiro atoms. The lowest BCUT2D eigenvalue weighted by molar-refractivity contribution is 0.288. The van der Waals surface area contributed by atoms with E-state index in [4.69, 9.17) is 10.5 Å². The van der Waals surface area contributed by atoms with E-state index < -0.39 is 0 Å². The Labute approximate surface area is 173 Å². The van der Waals surface area contributed by atoms with E-state index in [1.807, 2.05) is 43.3 Å². The molecule has 0 radical (unpaired) electrons. The minimum Gasteiger partial charge on any atom is -0.396 e. The number of aromatic nitrogens is 3. The molecule has 0 amide bonds. The van der Waals surface area contributed by atoms with Gasteiger partial charge in [0.25, 0.3) is 0 Å². The van der Waals surface area contributed by atoms with Gasteiger partial charge in [-0.3, -0.25) is 15.0 Å². The molecule has 0 bridgehead atoms. The lowest BCUT2D eigenvalue weighted by Gasteiger charge is -2.08. The summed E-state index contributed by atoms with van der Waals surface area (Å²) < 4.78 is 0.